The topological polar surface area (TPSA) is 102 Å². The van der Waals surface area contributed by atoms with Gasteiger partial charge in [0, 0.05) is 30.7 Å². The van der Waals surface area contributed by atoms with E-state index in [1.165, 1.54) is 6.20 Å². The van der Waals surface area contributed by atoms with Gasteiger partial charge in [-0.1, -0.05) is 6.07 Å². The molecule has 0 aliphatic heterocycles. The molecule has 164 valence electrons. The molecule has 0 saturated carbocycles. The predicted octanol–water partition coefficient (Wildman–Crippen LogP) is 4.22. The van der Waals surface area contributed by atoms with E-state index in [4.69, 9.17) is 21.7 Å². The van der Waals surface area contributed by atoms with Crippen molar-refractivity contribution in [3.8, 4) is 11.5 Å². The quantitative estimate of drug-likeness (QED) is 0.363. The lowest BCUT2D eigenvalue weighted by atomic mass is 10.2. The van der Waals surface area contributed by atoms with E-state index in [2.05, 4.69) is 20.9 Å². The maximum Gasteiger partial charge on any atom is 0.338 e. The van der Waals surface area contributed by atoms with E-state index in [0.29, 0.717) is 34.5 Å². The van der Waals surface area contributed by atoms with Crippen molar-refractivity contribution in [3.05, 3.63) is 78.1 Å². The van der Waals surface area contributed by atoms with Gasteiger partial charge in [0.1, 0.15) is 17.2 Å². The fourth-order valence-electron chi connectivity index (χ4n) is 2.70. The zero-order valence-electron chi connectivity index (χ0n) is 17.5. The number of rotatable bonds is 7. The number of esters is 1. The highest BCUT2D eigenvalue weighted by Crippen LogP contribution is 2.23. The number of anilines is 2. The minimum Gasteiger partial charge on any atom is -0.462 e. The summed E-state index contributed by atoms with van der Waals surface area (Å²) in [6, 6.07) is 17.3. The second-order valence-corrected chi connectivity index (χ2v) is 6.87. The van der Waals surface area contributed by atoms with Gasteiger partial charge in [0.2, 0.25) is 0 Å². The average Bonchev–Trinajstić information content (AvgIpc) is 2.80. The van der Waals surface area contributed by atoms with Crippen molar-refractivity contribution < 1.29 is 19.1 Å². The monoisotopic (exact) mass is 450 g/mol. The predicted molar refractivity (Wildman–Crippen MR) is 126 cm³/mol. The fraction of sp³-hybridized carbons (Fsp3) is 0.130. The van der Waals surface area contributed by atoms with E-state index in [-0.39, 0.29) is 17.6 Å². The number of hydrogen-bond acceptors (Lipinski definition) is 6. The van der Waals surface area contributed by atoms with Crippen LogP contribution in [0.3, 0.4) is 0 Å². The first-order chi connectivity index (χ1) is 15.5. The Kier molecular flexibility index (Phi) is 7.71. The molecule has 0 aliphatic carbocycles. The highest BCUT2D eigenvalue weighted by atomic mass is 32.1. The number of thiocarbonyl (C=S) groups is 1. The zero-order valence-corrected chi connectivity index (χ0v) is 18.4. The number of nitrogens with zero attached hydrogens (tertiary/aromatic N) is 1. The summed E-state index contributed by atoms with van der Waals surface area (Å²) in [6.45, 7) is 2.07. The Morgan fingerprint density at radius 2 is 1.72 bits per heavy atom. The van der Waals surface area contributed by atoms with E-state index in [1.54, 1.807) is 74.6 Å². The number of carbonyl (C=O) groups excluding carboxylic acids is 2. The molecule has 0 atom stereocenters. The van der Waals surface area contributed by atoms with Crippen LogP contribution in [0.1, 0.15) is 27.8 Å². The molecule has 3 aromatic rings. The normalized spacial score (nSPS) is 10.1. The molecule has 32 heavy (non-hydrogen) atoms. The van der Waals surface area contributed by atoms with Gasteiger partial charge in [0.05, 0.1) is 12.2 Å². The molecular formula is C23H22N4O4S. The second kappa shape index (κ2) is 10.9. The summed E-state index contributed by atoms with van der Waals surface area (Å²) in [5, 5.41) is 9.00. The van der Waals surface area contributed by atoms with Gasteiger partial charge >= 0.3 is 5.97 Å². The van der Waals surface area contributed by atoms with Crippen LogP contribution in [0, 0.1) is 0 Å². The van der Waals surface area contributed by atoms with Gasteiger partial charge in [-0.05, 0) is 67.7 Å². The third-order valence-corrected chi connectivity index (χ3v) is 4.37. The molecule has 2 aromatic carbocycles. The molecule has 3 rings (SSSR count). The molecule has 1 amide bonds. The molecule has 0 radical (unpaired) electrons. The van der Waals surface area contributed by atoms with Gasteiger partial charge in [-0.25, -0.2) is 4.79 Å². The lowest BCUT2D eigenvalue weighted by Crippen LogP contribution is -2.19. The molecule has 1 heterocycles. The van der Waals surface area contributed by atoms with Gasteiger partial charge in [-0.15, -0.1) is 0 Å². The van der Waals surface area contributed by atoms with Crippen LogP contribution < -0.4 is 20.7 Å². The SMILES string of the molecule is CCOC(=O)c1cccc(NC(=S)Nc2ccc(Oc3ccnc(C(=O)NC)c3)cc2)c1. The van der Waals surface area contributed by atoms with Crippen LogP contribution in [0.5, 0.6) is 11.5 Å². The van der Waals surface area contributed by atoms with E-state index in [0.717, 1.165) is 5.69 Å². The Hall–Kier alpha value is -3.98. The smallest absolute Gasteiger partial charge is 0.338 e. The molecule has 0 bridgehead atoms. The Bertz CT molecular complexity index is 1120. The zero-order chi connectivity index (χ0) is 22.9. The molecule has 0 fully saturated rings. The lowest BCUT2D eigenvalue weighted by molar-refractivity contribution is 0.0526. The Morgan fingerprint density at radius 3 is 2.44 bits per heavy atom. The summed E-state index contributed by atoms with van der Waals surface area (Å²) in [5.74, 6) is 0.412. The van der Waals surface area contributed by atoms with Crippen molar-refractivity contribution in [3.63, 3.8) is 0 Å². The van der Waals surface area contributed by atoms with Gasteiger partial charge in [0.15, 0.2) is 5.11 Å². The van der Waals surface area contributed by atoms with Crippen LogP contribution in [0.25, 0.3) is 0 Å². The number of hydrogen-bond donors (Lipinski definition) is 3. The average molecular weight is 451 g/mol. The Balaban J connectivity index is 1.59. The molecule has 0 unspecified atom stereocenters. The van der Waals surface area contributed by atoms with Gasteiger partial charge in [-0.3, -0.25) is 9.78 Å². The van der Waals surface area contributed by atoms with Crippen molar-refractivity contribution in [1.29, 1.82) is 0 Å². The Labute approximate surface area is 191 Å². The number of aromatic nitrogens is 1. The van der Waals surface area contributed by atoms with Crippen LogP contribution in [0.2, 0.25) is 0 Å². The van der Waals surface area contributed by atoms with E-state index >= 15 is 0 Å². The standard InChI is InChI=1S/C23H22N4O4S/c1-3-30-22(29)15-5-4-6-17(13-15)27-23(32)26-16-7-9-18(10-8-16)31-19-11-12-25-20(14-19)21(28)24-2/h4-14H,3H2,1-2H3,(H,24,28)(H2,26,27,32). The molecule has 1 aromatic heterocycles. The van der Waals surface area contributed by atoms with Crippen LogP contribution in [0.4, 0.5) is 11.4 Å². The third-order valence-electron chi connectivity index (χ3n) is 4.17. The van der Waals surface area contributed by atoms with Crippen molar-refractivity contribution in [2.75, 3.05) is 24.3 Å². The van der Waals surface area contributed by atoms with Crippen molar-refractivity contribution in [1.82, 2.24) is 10.3 Å². The summed E-state index contributed by atoms with van der Waals surface area (Å²) >= 11 is 5.35. The number of pyridine rings is 1. The summed E-state index contributed by atoms with van der Waals surface area (Å²) < 4.78 is 10.8. The molecule has 8 nitrogen and oxygen atoms in total. The first-order valence-electron chi connectivity index (χ1n) is 9.79. The first kappa shape index (κ1) is 22.7. The molecule has 0 aliphatic rings. The van der Waals surface area contributed by atoms with Crippen LogP contribution in [-0.2, 0) is 4.74 Å². The highest BCUT2D eigenvalue weighted by Gasteiger charge is 2.09. The third kappa shape index (κ3) is 6.26. The molecule has 9 heteroatoms. The van der Waals surface area contributed by atoms with E-state index < -0.39 is 0 Å². The van der Waals surface area contributed by atoms with Gasteiger partial charge in [0.25, 0.3) is 5.91 Å². The Morgan fingerprint density at radius 1 is 0.969 bits per heavy atom. The molecule has 0 spiro atoms. The number of benzene rings is 2. The van der Waals surface area contributed by atoms with E-state index in [9.17, 15) is 9.59 Å². The number of amides is 1. The summed E-state index contributed by atoms with van der Waals surface area (Å²) in [7, 11) is 1.54. The minimum atomic E-state index is -0.387. The number of carbonyl (C=O) groups is 2. The largest absolute Gasteiger partial charge is 0.462 e. The summed E-state index contributed by atoms with van der Waals surface area (Å²) in [6.07, 6.45) is 1.51. The highest BCUT2D eigenvalue weighted by molar-refractivity contribution is 7.80. The number of ether oxygens (including phenoxy) is 2. The van der Waals surface area contributed by atoms with Gasteiger partial charge in [-0.2, -0.15) is 0 Å². The van der Waals surface area contributed by atoms with Crippen LogP contribution in [0.15, 0.2) is 66.9 Å². The molecular weight excluding hydrogens is 428 g/mol. The maximum atomic E-state index is 11.9. The van der Waals surface area contributed by atoms with Gasteiger partial charge < -0.3 is 25.4 Å². The number of nitrogens with one attached hydrogen (secondary N) is 3. The summed E-state index contributed by atoms with van der Waals surface area (Å²) in [5.41, 5.74) is 2.12. The maximum absolute atomic E-state index is 11.9. The van der Waals surface area contributed by atoms with Crippen molar-refractivity contribution >= 4 is 40.6 Å². The van der Waals surface area contributed by atoms with E-state index in [1.807, 2.05) is 0 Å². The summed E-state index contributed by atoms with van der Waals surface area (Å²) in [4.78, 5) is 27.6. The lowest BCUT2D eigenvalue weighted by Gasteiger charge is -2.12. The fourth-order valence-corrected chi connectivity index (χ4v) is 2.94. The second-order valence-electron chi connectivity index (χ2n) is 6.46. The minimum absolute atomic E-state index is 0.270. The first-order valence-corrected chi connectivity index (χ1v) is 10.2. The van der Waals surface area contributed by atoms with Crippen LogP contribution >= 0.6 is 12.2 Å². The molecule has 3 N–H and O–H groups in total. The van der Waals surface area contributed by atoms with Crippen molar-refractivity contribution in [2.45, 2.75) is 6.92 Å². The molecule has 0 saturated heterocycles. The van der Waals surface area contributed by atoms with Crippen molar-refractivity contribution in [2.24, 2.45) is 0 Å². The van der Waals surface area contributed by atoms with Crippen LogP contribution in [-0.4, -0.2) is 35.6 Å².